The molecule has 1 amide bonds. The minimum Gasteiger partial charge on any atom is -0.384 e. The van der Waals surface area contributed by atoms with Crippen LogP contribution in [0.3, 0.4) is 0 Å². The Balaban J connectivity index is 2.92. The van der Waals surface area contributed by atoms with E-state index in [0.29, 0.717) is 18.0 Å². The molecule has 0 heterocycles. The zero-order valence-corrected chi connectivity index (χ0v) is 11.1. The molecule has 1 aromatic carbocycles. The van der Waals surface area contributed by atoms with E-state index >= 15 is 0 Å². The third-order valence-corrected chi connectivity index (χ3v) is 2.55. The molecule has 0 aliphatic carbocycles. The molecule has 0 aliphatic heterocycles. The van der Waals surface area contributed by atoms with E-state index in [9.17, 15) is 4.79 Å². The molecular weight excluding hydrogens is 226 g/mol. The lowest BCUT2D eigenvalue weighted by Gasteiger charge is -2.10. The van der Waals surface area contributed by atoms with Crippen molar-refractivity contribution in [3.8, 4) is 11.8 Å². The summed E-state index contributed by atoms with van der Waals surface area (Å²) in [4.78, 5) is 12.0. The van der Waals surface area contributed by atoms with E-state index in [0.717, 1.165) is 11.1 Å². The molecule has 0 aromatic heterocycles. The van der Waals surface area contributed by atoms with E-state index in [-0.39, 0.29) is 12.5 Å². The maximum atomic E-state index is 12.0. The Bertz CT molecular complexity index is 481. The van der Waals surface area contributed by atoms with E-state index in [2.05, 4.69) is 31.0 Å². The van der Waals surface area contributed by atoms with Crippen molar-refractivity contribution in [2.75, 3.05) is 13.2 Å². The van der Waals surface area contributed by atoms with Crippen LogP contribution in [0, 0.1) is 24.7 Å². The molecule has 96 valence electrons. The van der Waals surface area contributed by atoms with Crippen LogP contribution in [0.5, 0.6) is 0 Å². The van der Waals surface area contributed by atoms with Gasteiger partial charge in [-0.15, -0.1) is 0 Å². The molecule has 1 aromatic rings. The molecule has 3 nitrogen and oxygen atoms in total. The number of hydrogen-bond acceptors (Lipinski definition) is 2. The second kappa shape index (κ2) is 6.83. The summed E-state index contributed by atoms with van der Waals surface area (Å²) in [6.07, 6.45) is 0. The summed E-state index contributed by atoms with van der Waals surface area (Å²) in [6.45, 7) is 6.45. The third kappa shape index (κ3) is 3.90. The Morgan fingerprint density at radius 3 is 2.78 bits per heavy atom. The molecule has 3 heteroatoms. The molecule has 0 bridgehead atoms. The summed E-state index contributed by atoms with van der Waals surface area (Å²) < 4.78 is 0. The van der Waals surface area contributed by atoms with Crippen molar-refractivity contribution in [2.45, 2.75) is 20.8 Å². The van der Waals surface area contributed by atoms with E-state index in [4.69, 9.17) is 5.11 Å². The molecule has 0 aliphatic rings. The van der Waals surface area contributed by atoms with Crippen LogP contribution in [-0.4, -0.2) is 24.2 Å². The number of rotatable bonds is 3. The smallest absolute Gasteiger partial charge is 0.251 e. The van der Waals surface area contributed by atoms with Gasteiger partial charge in [0.2, 0.25) is 0 Å². The van der Waals surface area contributed by atoms with Crippen molar-refractivity contribution < 1.29 is 9.90 Å². The van der Waals surface area contributed by atoms with Gasteiger partial charge in [-0.1, -0.05) is 31.8 Å². The van der Waals surface area contributed by atoms with Gasteiger partial charge in [-0.05, 0) is 30.5 Å². The Morgan fingerprint density at radius 1 is 1.44 bits per heavy atom. The van der Waals surface area contributed by atoms with Gasteiger partial charge in [0.05, 0.1) is 0 Å². The fraction of sp³-hybridized carbons (Fsp3) is 0.400. The highest BCUT2D eigenvalue weighted by molar-refractivity contribution is 5.96. The van der Waals surface area contributed by atoms with Gasteiger partial charge in [0.1, 0.15) is 6.61 Å². The van der Waals surface area contributed by atoms with E-state index < -0.39 is 0 Å². The number of amides is 1. The lowest BCUT2D eigenvalue weighted by atomic mass is 10.0. The molecule has 0 spiro atoms. The molecule has 1 rings (SSSR count). The Kier molecular flexibility index (Phi) is 5.41. The number of nitrogens with one attached hydrogen (secondary N) is 1. The van der Waals surface area contributed by atoms with Gasteiger partial charge < -0.3 is 10.4 Å². The quantitative estimate of drug-likeness (QED) is 0.797. The maximum Gasteiger partial charge on any atom is 0.251 e. The van der Waals surface area contributed by atoms with Crippen molar-refractivity contribution in [1.82, 2.24) is 5.32 Å². The van der Waals surface area contributed by atoms with Gasteiger partial charge in [-0.25, -0.2) is 0 Å². The van der Waals surface area contributed by atoms with Crippen LogP contribution >= 0.6 is 0 Å². The highest BCUT2D eigenvalue weighted by atomic mass is 16.2. The minimum atomic E-state index is -0.177. The number of aliphatic hydroxyl groups is 1. The van der Waals surface area contributed by atoms with Crippen LogP contribution in [-0.2, 0) is 0 Å². The zero-order valence-electron chi connectivity index (χ0n) is 11.1. The first-order valence-corrected chi connectivity index (χ1v) is 6.03. The van der Waals surface area contributed by atoms with Gasteiger partial charge in [0, 0.05) is 17.7 Å². The third-order valence-electron chi connectivity index (χ3n) is 2.55. The summed E-state index contributed by atoms with van der Waals surface area (Å²) in [5.74, 6) is 5.79. The standard InChI is InChI=1S/C15H19NO2/c1-11(2)10-16-15(18)14-8-4-6-13(12(14)3)7-5-9-17/h4,6,8,11,17H,9-10H2,1-3H3,(H,16,18). The highest BCUT2D eigenvalue weighted by Gasteiger charge is 2.10. The summed E-state index contributed by atoms with van der Waals surface area (Å²) in [7, 11) is 0. The van der Waals surface area contributed by atoms with E-state index in [1.54, 1.807) is 12.1 Å². The van der Waals surface area contributed by atoms with Crippen LogP contribution in [0.2, 0.25) is 0 Å². The van der Waals surface area contributed by atoms with Crippen molar-refractivity contribution in [1.29, 1.82) is 0 Å². The molecular formula is C15H19NO2. The fourth-order valence-corrected chi connectivity index (χ4v) is 1.54. The lowest BCUT2D eigenvalue weighted by molar-refractivity contribution is 0.0948. The Hall–Kier alpha value is -1.79. The molecule has 0 unspecified atom stereocenters. The van der Waals surface area contributed by atoms with Gasteiger partial charge in [-0.3, -0.25) is 4.79 Å². The first-order valence-electron chi connectivity index (χ1n) is 6.03. The summed E-state index contributed by atoms with van der Waals surface area (Å²) in [5.41, 5.74) is 2.27. The zero-order chi connectivity index (χ0) is 13.5. The lowest BCUT2D eigenvalue weighted by Crippen LogP contribution is -2.28. The van der Waals surface area contributed by atoms with Crippen LogP contribution in [0.1, 0.15) is 35.3 Å². The van der Waals surface area contributed by atoms with Crippen molar-refractivity contribution in [3.63, 3.8) is 0 Å². The molecule has 0 saturated carbocycles. The molecule has 2 N–H and O–H groups in total. The van der Waals surface area contributed by atoms with Crippen LogP contribution in [0.4, 0.5) is 0 Å². The summed E-state index contributed by atoms with van der Waals surface area (Å²) in [5, 5.41) is 11.6. The monoisotopic (exact) mass is 245 g/mol. The van der Waals surface area contributed by atoms with Crippen molar-refractivity contribution in [2.24, 2.45) is 5.92 Å². The average molecular weight is 245 g/mol. The van der Waals surface area contributed by atoms with Crippen LogP contribution in [0.25, 0.3) is 0 Å². The minimum absolute atomic E-state index is 0.0751. The number of benzene rings is 1. The van der Waals surface area contributed by atoms with E-state index in [1.807, 2.05) is 13.0 Å². The first kappa shape index (κ1) is 14.3. The number of aliphatic hydroxyl groups excluding tert-OH is 1. The highest BCUT2D eigenvalue weighted by Crippen LogP contribution is 2.12. The Labute approximate surface area is 108 Å². The predicted octanol–water partition coefficient (Wildman–Crippen LogP) is 1.72. The molecule has 0 radical (unpaired) electrons. The molecule has 0 fully saturated rings. The summed E-state index contributed by atoms with van der Waals surface area (Å²) >= 11 is 0. The normalized spacial score (nSPS) is 9.83. The number of carbonyl (C=O) groups is 1. The van der Waals surface area contributed by atoms with Gasteiger partial charge in [0.25, 0.3) is 5.91 Å². The SMILES string of the molecule is Cc1c(C#CCO)cccc1C(=O)NCC(C)C. The van der Waals surface area contributed by atoms with Crippen LogP contribution < -0.4 is 5.32 Å². The molecule has 0 atom stereocenters. The van der Waals surface area contributed by atoms with Crippen molar-refractivity contribution in [3.05, 3.63) is 34.9 Å². The fourth-order valence-electron chi connectivity index (χ4n) is 1.54. The molecule has 0 saturated heterocycles. The van der Waals surface area contributed by atoms with Gasteiger partial charge in [0.15, 0.2) is 0 Å². The second-order valence-corrected chi connectivity index (χ2v) is 4.54. The number of carbonyl (C=O) groups excluding carboxylic acids is 1. The first-order chi connectivity index (χ1) is 8.56. The van der Waals surface area contributed by atoms with Gasteiger partial charge >= 0.3 is 0 Å². The average Bonchev–Trinajstić information content (AvgIpc) is 2.34. The predicted molar refractivity (Wildman–Crippen MR) is 72.3 cm³/mol. The largest absolute Gasteiger partial charge is 0.384 e. The van der Waals surface area contributed by atoms with E-state index in [1.165, 1.54) is 0 Å². The van der Waals surface area contributed by atoms with Crippen molar-refractivity contribution >= 4 is 5.91 Å². The topological polar surface area (TPSA) is 49.3 Å². The van der Waals surface area contributed by atoms with Gasteiger partial charge in [-0.2, -0.15) is 0 Å². The maximum absolute atomic E-state index is 12.0. The number of hydrogen-bond donors (Lipinski definition) is 2. The Morgan fingerprint density at radius 2 is 2.17 bits per heavy atom. The summed E-state index contributed by atoms with van der Waals surface area (Å²) in [6, 6.07) is 5.44. The second-order valence-electron chi connectivity index (χ2n) is 4.54. The van der Waals surface area contributed by atoms with Crippen LogP contribution in [0.15, 0.2) is 18.2 Å². The molecule has 18 heavy (non-hydrogen) atoms.